The van der Waals surface area contributed by atoms with Gasteiger partial charge in [0.05, 0.1) is 14.2 Å². The fourth-order valence-electron chi connectivity index (χ4n) is 5.15. The molecule has 0 N–H and O–H groups in total. The van der Waals surface area contributed by atoms with Crippen LogP contribution in [0.3, 0.4) is 0 Å². The van der Waals surface area contributed by atoms with Crippen molar-refractivity contribution in [3.8, 4) is 11.5 Å². The summed E-state index contributed by atoms with van der Waals surface area (Å²) >= 11 is 0. The van der Waals surface area contributed by atoms with Crippen molar-refractivity contribution >= 4 is 0 Å². The molecule has 2 bridgehead atoms. The zero-order chi connectivity index (χ0) is 16.5. The molecular weight excluding hydrogens is 300 g/mol. The largest absolute Gasteiger partial charge is 0.493 e. The van der Waals surface area contributed by atoms with Crippen molar-refractivity contribution in [2.45, 2.75) is 38.3 Å². The molecule has 2 aliphatic carbocycles. The normalized spacial score (nSPS) is 30.7. The number of piperazine rings is 1. The van der Waals surface area contributed by atoms with E-state index in [0.717, 1.165) is 35.9 Å². The van der Waals surface area contributed by atoms with E-state index in [4.69, 9.17) is 9.47 Å². The molecule has 3 atom stereocenters. The van der Waals surface area contributed by atoms with Crippen LogP contribution in [0.5, 0.6) is 11.5 Å². The van der Waals surface area contributed by atoms with Crippen LogP contribution in [-0.4, -0.2) is 56.2 Å². The molecule has 1 saturated heterocycles. The zero-order valence-corrected chi connectivity index (χ0v) is 15.0. The molecular formula is C20H30N2O2. The van der Waals surface area contributed by atoms with Gasteiger partial charge in [0, 0.05) is 38.8 Å². The Morgan fingerprint density at radius 3 is 2.38 bits per heavy atom. The van der Waals surface area contributed by atoms with Crippen LogP contribution < -0.4 is 9.47 Å². The fourth-order valence-corrected chi connectivity index (χ4v) is 5.15. The highest BCUT2D eigenvalue weighted by Crippen LogP contribution is 2.46. The summed E-state index contributed by atoms with van der Waals surface area (Å²) in [6, 6.07) is 7.18. The Kier molecular flexibility index (Phi) is 4.68. The van der Waals surface area contributed by atoms with Gasteiger partial charge in [-0.1, -0.05) is 12.5 Å². The van der Waals surface area contributed by atoms with E-state index in [-0.39, 0.29) is 0 Å². The summed E-state index contributed by atoms with van der Waals surface area (Å²) in [5.41, 5.74) is 1.31. The number of hydrogen-bond acceptors (Lipinski definition) is 4. The smallest absolute Gasteiger partial charge is 0.161 e. The summed E-state index contributed by atoms with van der Waals surface area (Å²) in [6.45, 7) is 5.84. The minimum absolute atomic E-state index is 0.808. The molecule has 132 valence electrons. The van der Waals surface area contributed by atoms with E-state index >= 15 is 0 Å². The first kappa shape index (κ1) is 16.2. The quantitative estimate of drug-likeness (QED) is 0.828. The lowest BCUT2D eigenvalue weighted by Gasteiger charge is -2.41. The van der Waals surface area contributed by atoms with Gasteiger partial charge < -0.3 is 9.47 Å². The van der Waals surface area contributed by atoms with Crippen LogP contribution in [0.2, 0.25) is 0 Å². The molecule has 0 spiro atoms. The predicted molar refractivity (Wildman–Crippen MR) is 95.6 cm³/mol. The van der Waals surface area contributed by atoms with Gasteiger partial charge >= 0.3 is 0 Å². The fraction of sp³-hybridized carbons (Fsp3) is 0.700. The Morgan fingerprint density at radius 1 is 0.958 bits per heavy atom. The number of rotatable bonds is 5. The first-order valence-electron chi connectivity index (χ1n) is 9.44. The summed E-state index contributed by atoms with van der Waals surface area (Å²) in [5, 5.41) is 0. The molecule has 1 aromatic carbocycles. The number of fused-ring (bicyclic) bond motifs is 2. The molecule has 4 nitrogen and oxygen atoms in total. The van der Waals surface area contributed by atoms with Crippen molar-refractivity contribution in [2.24, 2.45) is 11.8 Å². The third-order valence-electron chi connectivity index (χ3n) is 6.43. The predicted octanol–water partition coefficient (Wildman–Crippen LogP) is 3.01. The summed E-state index contributed by atoms with van der Waals surface area (Å²) < 4.78 is 10.8. The van der Waals surface area contributed by atoms with Gasteiger partial charge in [-0.25, -0.2) is 0 Å². The molecule has 3 aliphatic rings. The Hall–Kier alpha value is -1.26. The van der Waals surface area contributed by atoms with E-state index in [0.29, 0.717) is 0 Å². The molecule has 4 rings (SSSR count). The monoisotopic (exact) mass is 330 g/mol. The first-order valence-corrected chi connectivity index (χ1v) is 9.44. The second kappa shape index (κ2) is 6.93. The van der Waals surface area contributed by atoms with Crippen molar-refractivity contribution in [1.82, 2.24) is 9.80 Å². The van der Waals surface area contributed by atoms with Gasteiger partial charge in [0.1, 0.15) is 0 Å². The van der Waals surface area contributed by atoms with Gasteiger partial charge in [0.25, 0.3) is 0 Å². The van der Waals surface area contributed by atoms with Crippen molar-refractivity contribution in [3.63, 3.8) is 0 Å². The molecule has 24 heavy (non-hydrogen) atoms. The SMILES string of the molecule is COc1ccc(CN2CCN(C3CC4CCC3C4)CC2)cc1OC. The number of ether oxygens (including phenoxy) is 2. The number of nitrogens with zero attached hydrogens (tertiary/aromatic N) is 2. The van der Waals surface area contributed by atoms with Crippen LogP contribution in [0.15, 0.2) is 18.2 Å². The van der Waals surface area contributed by atoms with Gasteiger partial charge in [0.2, 0.25) is 0 Å². The van der Waals surface area contributed by atoms with Gasteiger partial charge in [-0.15, -0.1) is 0 Å². The standard InChI is InChI=1S/C20H30N2O2/c1-23-19-6-4-16(13-20(19)24-2)14-21-7-9-22(10-8-21)18-12-15-3-5-17(18)11-15/h4,6,13,15,17-18H,3,5,7-12,14H2,1-2H3. The zero-order valence-electron chi connectivity index (χ0n) is 15.0. The van der Waals surface area contributed by atoms with Crippen molar-refractivity contribution in [2.75, 3.05) is 40.4 Å². The van der Waals surface area contributed by atoms with Gasteiger partial charge in [-0.05, 0) is 48.8 Å². The first-order chi connectivity index (χ1) is 11.8. The van der Waals surface area contributed by atoms with Gasteiger partial charge in [-0.2, -0.15) is 0 Å². The van der Waals surface area contributed by atoms with Gasteiger partial charge in [0.15, 0.2) is 11.5 Å². The number of methoxy groups -OCH3 is 2. The van der Waals surface area contributed by atoms with Crippen LogP contribution in [0, 0.1) is 11.8 Å². The molecule has 0 aromatic heterocycles. The van der Waals surface area contributed by atoms with Crippen LogP contribution in [0.1, 0.15) is 31.2 Å². The minimum atomic E-state index is 0.808. The summed E-state index contributed by atoms with van der Waals surface area (Å²) in [6.07, 6.45) is 5.97. The van der Waals surface area contributed by atoms with Crippen molar-refractivity contribution in [1.29, 1.82) is 0 Å². The molecule has 0 amide bonds. The van der Waals surface area contributed by atoms with E-state index < -0.39 is 0 Å². The van der Waals surface area contributed by atoms with E-state index in [2.05, 4.69) is 21.9 Å². The van der Waals surface area contributed by atoms with E-state index in [1.165, 1.54) is 57.4 Å². The molecule has 3 fully saturated rings. The molecule has 2 saturated carbocycles. The second-order valence-corrected chi connectivity index (χ2v) is 7.74. The Labute approximate surface area is 145 Å². The Morgan fingerprint density at radius 2 is 1.75 bits per heavy atom. The Bertz CT molecular complexity index is 569. The Balaban J connectivity index is 1.32. The van der Waals surface area contributed by atoms with Crippen LogP contribution in [0.25, 0.3) is 0 Å². The molecule has 3 unspecified atom stereocenters. The lowest BCUT2D eigenvalue weighted by atomic mass is 9.93. The summed E-state index contributed by atoms with van der Waals surface area (Å²) in [5.74, 6) is 3.69. The maximum Gasteiger partial charge on any atom is 0.161 e. The molecule has 4 heteroatoms. The lowest BCUT2D eigenvalue weighted by molar-refractivity contribution is 0.0679. The number of benzene rings is 1. The third kappa shape index (κ3) is 3.14. The summed E-state index contributed by atoms with van der Waals surface area (Å²) in [7, 11) is 3.39. The number of hydrogen-bond donors (Lipinski definition) is 0. The molecule has 1 aromatic rings. The topological polar surface area (TPSA) is 24.9 Å². The lowest BCUT2D eigenvalue weighted by Crippen LogP contribution is -2.51. The maximum atomic E-state index is 5.43. The molecule has 0 radical (unpaired) electrons. The second-order valence-electron chi connectivity index (χ2n) is 7.74. The molecule has 1 aliphatic heterocycles. The average Bonchev–Trinajstić information content (AvgIpc) is 3.25. The van der Waals surface area contributed by atoms with E-state index in [1.54, 1.807) is 14.2 Å². The minimum Gasteiger partial charge on any atom is -0.493 e. The summed E-state index contributed by atoms with van der Waals surface area (Å²) in [4.78, 5) is 5.36. The maximum absolute atomic E-state index is 5.43. The average molecular weight is 330 g/mol. The van der Waals surface area contributed by atoms with Crippen LogP contribution in [-0.2, 0) is 6.54 Å². The van der Waals surface area contributed by atoms with Crippen LogP contribution in [0.4, 0.5) is 0 Å². The van der Waals surface area contributed by atoms with Crippen LogP contribution >= 0.6 is 0 Å². The third-order valence-corrected chi connectivity index (χ3v) is 6.43. The van der Waals surface area contributed by atoms with E-state index in [9.17, 15) is 0 Å². The highest BCUT2D eigenvalue weighted by atomic mass is 16.5. The van der Waals surface area contributed by atoms with Gasteiger partial charge in [-0.3, -0.25) is 9.80 Å². The highest BCUT2D eigenvalue weighted by molar-refractivity contribution is 5.42. The molecule has 1 heterocycles. The van der Waals surface area contributed by atoms with Crippen molar-refractivity contribution < 1.29 is 9.47 Å². The van der Waals surface area contributed by atoms with E-state index in [1.807, 2.05) is 6.07 Å². The highest BCUT2D eigenvalue weighted by Gasteiger charge is 2.42. The van der Waals surface area contributed by atoms with Crippen molar-refractivity contribution in [3.05, 3.63) is 23.8 Å².